The molecule has 13 nitrogen and oxygen atoms in total. The third kappa shape index (κ3) is 4.08. The molecule has 3 aromatic heterocycles. The molecule has 0 aliphatic carbocycles. The SMILES string of the molecule is CON=C(C(=O)NC1C(=O)N2C(C(=O)[O-])=C(C[n+]3ccc4sccc4c3)CS[C@@H]12)c1noc(N)n1. The fourth-order valence-corrected chi connectivity index (χ4v) is 5.98. The van der Waals surface area contributed by atoms with Gasteiger partial charge in [0, 0.05) is 22.1 Å². The predicted molar refractivity (Wildman–Crippen MR) is 121 cm³/mol. The number of β-lactam (4-membered cyclic amide) rings is 1. The van der Waals surface area contributed by atoms with Crippen LogP contribution in [0, 0.1) is 0 Å². The predicted octanol–water partition coefficient (Wildman–Crippen LogP) is -1.39. The molecule has 1 fully saturated rings. The summed E-state index contributed by atoms with van der Waals surface area (Å²) in [5, 5.41) is 24.1. The van der Waals surface area contributed by atoms with Gasteiger partial charge in [-0.3, -0.25) is 14.5 Å². The standard InChI is InChI=1S/C20H17N7O6S2/c1-32-24-12(15-23-20(21)33-25-15)16(28)22-13-17(29)27-14(19(30)31)10(8-35-18(13)27)7-26-4-2-11-9(6-26)3-5-34-11/h2-6,13,18H,7-8H2,1H3,(H3-,21,22,23,25,28,30,31)/t13?,18-/m0/s1. The van der Waals surface area contributed by atoms with Crippen molar-refractivity contribution in [2.75, 3.05) is 18.6 Å². The second-order valence-corrected chi connectivity index (χ2v) is 9.59. The van der Waals surface area contributed by atoms with Crippen molar-refractivity contribution in [1.29, 1.82) is 0 Å². The normalized spacial score (nSPS) is 20.0. The highest BCUT2D eigenvalue weighted by Crippen LogP contribution is 2.40. The summed E-state index contributed by atoms with van der Waals surface area (Å²) in [6, 6.07) is 2.66. The molecule has 0 radical (unpaired) electrons. The summed E-state index contributed by atoms with van der Waals surface area (Å²) in [6.07, 6.45) is 3.78. The lowest BCUT2D eigenvalue weighted by atomic mass is 10.0. The van der Waals surface area contributed by atoms with E-state index in [4.69, 9.17) is 5.73 Å². The van der Waals surface area contributed by atoms with Gasteiger partial charge in [-0.25, -0.2) is 4.57 Å². The Balaban J connectivity index is 1.36. The number of carbonyl (C=O) groups is 3. The van der Waals surface area contributed by atoms with Gasteiger partial charge in [0.15, 0.2) is 18.9 Å². The van der Waals surface area contributed by atoms with Crippen LogP contribution in [0.15, 0.2) is 50.9 Å². The van der Waals surface area contributed by atoms with E-state index < -0.39 is 29.2 Å². The molecule has 0 aromatic carbocycles. The number of carboxylic acids is 1. The summed E-state index contributed by atoms with van der Waals surface area (Å²) in [6.45, 7) is 0.277. The molecule has 5 heterocycles. The second-order valence-electron chi connectivity index (χ2n) is 7.54. The second kappa shape index (κ2) is 8.99. The molecule has 2 amide bonds. The van der Waals surface area contributed by atoms with Crippen molar-refractivity contribution >= 4 is 62.7 Å². The Hall–Kier alpha value is -3.98. The first kappa shape index (κ1) is 22.8. The highest BCUT2D eigenvalue weighted by molar-refractivity contribution is 8.00. The monoisotopic (exact) mass is 515 g/mol. The third-order valence-electron chi connectivity index (χ3n) is 5.40. The van der Waals surface area contributed by atoms with Crippen LogP contribution in [0.4, 0.5) is 6.01 Å². The van der Waals surface area contributed by atoms with Crippen molar-refractivity contribution in [2.24, 2.45) is 5.16 Å². The van der Waals surface area contributed by atoms with Crippen molar-refractivity contribution < 1.29 is 33.4 Å². The number of nitrogen functional groups attached to an aromatic ring is 1. The van der Waals surface area contributed by atoms with Gasteiger partial charge in [-0.2, -0.15) is 4.98 Å². The molecule has 180 valence electrons. The van der Waals surface area contributed by atoms with E-state index in [1.54, 1.807) is 11.3 Å². The number of thiophene rings is 1. The van der Waals surface area contributed by atoms with E-state index in [0.29, 0.717) is 11.3 Å². The Kier molecular flexibility index (Phi) is 5.86. The number of aromatic nitrogens is 3. The Bertz CT molecular complexity index is 1410. The number of fused-ring (bicyclic) bond motifs is 2. The number of nitrogens with two attached hydrogens (primary N) is 1. The number of carbonyl (C=O) groups excluding carboxylic acids is 3. The highest BCUT2D eigenvalue weighted by atomic mass is 32.2. The van der Waals surface area contributed by atoms with Crippen LogP contribution < -0.4 is 20.7 Å². The molecular formula is C20H17N7O6S2. The van der Waals surface area contributed by atoms with Gasteiger partial charge in [-0.1, -0.05) is 10.3 Å². The van der Waals surface area contributed by atoms with E-state index in [1.807, 2.05) is 34.5 Å². The number of oxime groups is 1. The molecule has 0 saturated carbocycles. The van der Waals surface area contributed by atoms with Crippen LogP contribution in [0.5, 0.6) is 0 Å². The maximum Gasteiger partial charge on any atom is 0.319 e. The minimum absolute atomic E-state index is 0.182. The lowest BCUT2D eigenvalue weighted by Crippen LogP contribution is -2.71. The molecule has 3 N–H and O–H groups in total. The Morgan fingerprint density at radius 2 is 2.29 bits per heavy atom. The van der Waals surface area contributed by atoms with E-state index in [0.717, 1.165) is 15.0 Å². The number of nitrogens with zero attached hydrogens (tertiary/aromatic N) is 5. The van der Waals surface area contributed by atoms with Crippen LogP contribution in [-0.4, -0.2) is 62.8 Å². The number of rotatable bonds is 7. The summed E-state index contributed by atoms with van der Waals surface area (Å²) < 4.78 is 7.63. The number of hydrogen-bond acceptors (Lipinski definition) is 12. The molecule has 2 atom stereocenters. The van der Waals surface area contributed by atoms with Crippen molar-refractivity contribution in [1.82, 2.24) is 20.4 Å². The van der Waals surface area contributed by atoms with E-state index in [2.05, 4.69) is 30.0 Å². The molecule has 35 heavy (non-hydrogen) atoms. The van der Waals surface area contributed by atoms with E-state index in [-0.39, 0.29) is 29.8 Å². The Morgan fingerprint density at radius 3 is 3.00 bits per heavy atom. The summed E-state index contributed by atoms with van der Waals surface area (Å²) in [5.74, 6) is -2.74. The summed E-state index contributed by atoms with van der Waals surface area (Å²) >= 11 is 2.95. The van der Waals surface area contributed by atoms with Crippen molar-refractivity contribution in [3.63, 3.8) is 0 Å². The van der Waals surface area contributed by atoms with Gasteiger partial charge < -0.3 is 30.3 Å². The number of carboxylic acid groups (broad SMARTS) is 1. The van der Waals surface area contributed by atoms with Crippen LogP contribution >= 0.6 is 23.1 Å². The fraction of sp³-hybridized carbons (Fsp3) is 0.250. The number of hydrogen-bond donors (Lipinski definition) is 2. The topological polar surface area (TPSA) is 180 Å². The molecule has 1 unspecified atom stereocenters. The van der Waals surface area contributed by atoms with Crippen LogP contribution in [0.3, 0.4) is 0 Å². The Morgan fingerprint density at radius 1 is 1.46 bits per heavy atom. The zero-order valence-corrected chi connectivity index (χ0v) is 19.7. The number of aliphatic carboxylic acids is 1. The summed E-state index contributed by atoms with van der Waals surface area (Å²) in [7, 11) is 1.22. The average molecular weight is 516 g/mol. The molecule has 3 aromatic rings. The van der Waals surface area contributed by atoms with Crippen LogP contribution in [0.1, 0.15) is 5.82 Å². The van der Waals surface area contributed by atoms with Gasteiger partial charge >= 0.3 is 6.01 Å². The number of nitrogens with one attached hydrogen (secondary N) is 1. The minimum Gasteiger partial charge on any atom is -0.543 e. The quantitative estimate of drug-likeness (QED) is 0.165. The van der Waals surface area contributed by atoms with Crippen LogP contribution in [-0.2, 0) is 25.8 Å². The van der Waals surface area contributed by atoms with Gasteiger partial charge in [0.25, 0.3) is 11.8 Å². The van der Waals surface area contributed by atoms with Gasteiger partial charge in [0.05, 0.1) is 17.1 Å². The average Bonchev–Trinajstić information content (AvgIpc) is 3.48. The van der Waals surface area contributed by atoms with Gasteiger partial charge in [-0.15, -0.1) is 23.1 Å². The zero-order valence-electron chi connectivity index (χ0n) is 18.0. The van der Waals surface area contributed by atoms with E-state index in [9.17, 15) is 19.5 Å². The third-order valence-corrected chi connectivity index (χ3v) is 7.64. The molecule has 2 aliphatic heterocycles. The molecular weight excluding hydrogens is 498 g/mol. The van der Waals surface area contributed by atoms with Gasteiger partial charge in [0.2, 0.25) is 11.5 Å². The molecule has 0 spiro atoms. The van der Waals surface area contributed by atoms with Gasteiger partial charge in [0.1, 0.15) is 18.5 Å². The zero-order chi connectivity index (χ0) is 24.7. The molecule has 2 aliphatic rings. The number of thioether (sulfide) groups is 1. The fourth-order valence-electron chi connectivity index (χ4n) is 3.89. The first-order valence-electron chi connectivity index (χ1n) is 10.1. The van der Waals surface area contributed by atoms with E-state index >= 15 is 0 Å². The van der Waals surface area contributed by atoms with Crippen molar-refractivity contribution in [3.05, 3.63) is 47.0 Å². The molecule has 1 saturated heterocycles. The Labute approximate surface area is 205 Å². The number of amides is 2. The van der Waals surface area contributed by atoms with Crippen molar-refractivity contribution in [2.45, 2.75) is 18.0 Å². The minimum atomic E-state index is -1.45. The summed E-state index contributed by atoms with van der Waals surface area (Å²) in [5.41, 5.74) is 5.40. The van der Waals surface area contributed by atoms with Crippen LogP contribution in [0.25, 0.3) is 10.1 Å². The maximum atomic E-state index is 12.9. The highest BCUT2D eigenvalue weighted by Gasteiger charge is 2.53. The van der Waals surface area contributed by atoms with Gasteiger partial charge in [-0.05, 0) is 11.4 Å². The smallest absolute Gasteiger partial charge is 0.319 e. The number of anilines is 1. The first-order chi connectivity index (χ1) is 16.9. The largest absolute Gasteiger partial charge is 0.543 e. The summed E-state index contributed by atoms with van der Waals surface area (Å²) in [4.78, 5) is 47.3. The van der Waals surface area contributed by atoms with Crippen molar-refractivity contribution in [3.8, 4) is 0 Å². The number of pyridine rings is 1. The molecule has 5 rings (SSSR count). The molecule has 0 bridgehead atoms. The first-order valence-corrected chi connectivity index (χ1v) is 12.1. The van der Waals surface area contributed by atoms with Crippen LogP contribution in [0.2, 0.25) is 0 Å². The maximum absolute atomic E-state index is 12.9. The lowest BCUT2D eigenvalue weighted by molar-refractivity contribution is -0.687. The van der Waals surface area contributed by atoms with E-state index in [1.165, 1.54) is 18.9 Å². The molecule has 15 heteroatoms. The lowest BCUT2D eigenvalue weighted by Gasteiger charge is -2.50.